The number of primary amides is 1. The van der Waals surface area contributed by atoms with E-state index in [-0.39, 0.29) is 12.2 Å². The Morgan fingerprint density at radius 2 is 2.11 bits per heavy atom. The number of nitrogens with one attached hydrogen (secondary N) is 1. The van der Waals surface area contributed by atoms with Crippen LogP contribution < -0.4 is 11.1 Å². The molecule has 0 fully saturated rings. The van der Waals surface area contributed by atoms with Crippen molar-refractivity contribution in [3.05, 3.63) is 17.5 Å². The molecule has 0 radical (unpaired) electrons. The van der Waals surface area contributed by atoms with Gasteiger partial charge in [-0.15, -0.1) is 0 Å². The average Bonchev–Trinajstić information content (AvgIpc) is 2.75. The Bertz CT molecular complexity index is 491. The summed E-state index contributed by atoms with van der Waals surface area (Å²) in [5, 5.41) is 14.3. The first kappa shape index (κ1) is 13.7. The Morgan fingerprint density at radius 1 is 1.50 bits per heavy atom. The molecule has 1 rings (SSSR count). The minimum absolute atomic E-state index is 0.0103. The summed E-state index contributed by atoms with van der Waals surface area (Å²) in [5.74, 6) is -2.96. The molecule has 0 aliphatic heterocycles. The van der Waals surface area contributed by atoms with Crippen LogP contribution in [0.1, 0.15) is 34.9 Å². The molecule has 1 heterocycles. The molecule has 0 saturated heterocycles. The number of amides is 2. The van der Waals surface area contributed by atoms with Crippen molar-refractivity contribution in [2.45, 2.75) is 13.8 Å². The minimum atomic E-state index is -1.32. The van der Waals surface area contributed by atoms with Gasteiger partial charge in [-0.25, -0.2) is 4.79 Å². The lowest BCUT2D eigenvalue weighted by Crippen LogP contribution is -2.42. The maximum Gasteiger partial charge on any atom is 0.374 e. The highest BCUT2D eigenvalue weighted by atomic mass is 16.5. The Hall–Kier alpha value is -2.38. The molecular weight excluding hydrogens is 242 g/mol. The number of nitrogens with two attached hydrogens (primary N) is 1. The molecule has 0 bridgehead atoms. The van der Waals surface area contributed by atoms with E-state index in [1.165, 1.54) is 0 Å². The quantitative estimate of drug-likeness (QED) is 0.655. The molecule has 0 unspecified atom stereocenters. The van der Waals surface area contributed by atoms with Gasteiger partial charge in [0.1, 0.15) is 0 Å². The maximum absolute atomic E-state index is 11.6. The Balaban J connectivity index is 2.66. The monoisotopic (exact) mass is 255 g/mol. The van der Waals surface area contributed by atoms with Crippen LogP contribution in [0.25, 0.3) is 0 Å². The second-order valence-corrected chi connectivity index (χ2v) is 4.31. The summed E-state index contributed by atoms with van der Waals surface area (Å²) >= 11 is 0. The lowest BCUT2D eigenvalue weighted by Gasteiger charge is -2.20. The van der Waals surface area contributed by atoms with Gasteiger partial charge in [-0.2, -0.15) is 0 Å². The molecule has 8 nitrogen and oxygen atoms in total. The number of carbonyl (C=O) groups is 3. The SMILES string of the molecule is CC(C)(CNC(=O)c1cc(C(=O)O)on1)C(N)=O. The van der Waals surface area contributed by atoms with Gasteiger partial charge in [0, 0.05) is 12.6 Å². The number of carboxylic acids is 1. The van der Waals surface area contributed by atoms with Crippen LogP contribution in [0.3, 0.4) is 0 Å². The molecule has 4 N–H and O–H groups in total. The van der Waals surface area contributed by atoms with Gasteiger partial charge in [-0.3, -0.25) is 9.59 Å². The summed E-state index contributed by atoms with van der Waals surface area (Å²) in [7, 11) is 0. The van der Waals surface area contributed by atoms with Gasteiger partial charge in [0.25, 0.3) is 5.91 Å². The molecule has 0 spiro atoms. The molecule has 0 atom stereocenters. The van der Waals surface area contributed by atoms with Crippen LogP contribution >= 0.6 is 0 Å². The van der Waals surface area contributed by atoms with Gasteiger partial charge in [0.2, 0.25) is 11.7 Å². The predicted molar refractivity (Wildman–Crippen MR) is 58.8 cm³/mol. The van der Waals surface area contributed by atoms with E-state index < -0.39 is 29.0 Å². The van der Waals surface area contributed by atoms with Crippen molar-refractivity contribution >= 4 is 17.8 Å². The molecule has 2 amide bonds. The Labute approximate surface area is 102 Å². The molecular formula is C10H13N3O5. The number of carboxylic acid groups (broad SMARTS) is 1. The third-order valence-corrected chi connectivity index (χ3v) is 2.31. The van der Waals surface area contributed by atoms with Crippen molar-refractivity contribution in [1.29, 1.82) is 0 Å². The summed E-state index contributed by atoms with van der Waals surface area (Å²) in [5.41, 5.74) is 4.06. The zero-order chi connectivity index (χ0) is 13.9. The number of rotatable bonds is 5. The summed E-state index contributed by atoms with van der Waals surface area (Å²) in [4.78, 5) is 33.1. The van der Waals surface area contributed by atoms with E-state index in [1.807, 2.05) is 0 Å². The number of aromatic nitrogens is 1. The molecule has 18 heavy (non-hydrogen) atoms. The fourth-order valence-corrected chi connectivity index (χ4v) is 0.962. The van der Waals surface area contributed by atoms with Gasteiger partial charge >= 0.3 is 5.97 Å². The van der Waals surface area contributed by atoms with Crippen molar-refractivity contribution in [1.82, 2.24) is 10.5 Å². The van der Waals surface area contributed by atoms with Crippen molar-refractivity contribution in [3.8, 4) is 0 Å². The van der Waals surface area contributed by atoms with Crippen LogP contribution in [-0.4, -0.2) is 34.6 Å². The predicted octanol–water partition coefficient (Wildman–Crippen LogP) is -0.386. The smallest absolute Gasteiger partial charge is 0.374 e. The van der Waals surface area contributed by atoms with Crippen LogP contribution in [0.4, 0.5) is 0 Å². The summed E-state index contributed by atoms with van der Waals surface area (Å²) in [6.07, 6.45) is 0. The highest BCUT2D eigenvalue weighted by molar-refractivity contribution is 5.95. The third-order valence-electron chi connectivity index (χ3n) is 2.31. The number of nitrogens with zero attached hydrogens (tertiary/aromatic N) is 1. The molecule has 1 aromatic heterocycles. The highest BCUT2D eigenvalue weighted by Gasteiger charge is 2.26. The van der Waals surface area contributed by atoms with Crippen LogP contribution in [0, 0.1) is 5.41 Å². The number of aromatic carboxylic acids is 1. The second kappa shape index (κ2) is 4.86. The van der Waals surface area contributed by atoms with E-state index in [2.05, 4.69) is 15.0 Å². The zero-order valence-corrected chi connectivity index (χ0v) is 9.89. The van der Waals surface area contributed by atoms with E-state index in [1.54, 1.807) is 13.8 Å². The average molecular weight is 255 g/mol. The number of hydrogen-bond donors (Lipinski definition) is 3. The highest BCUT2D eigenvalue weighted by Crippen LogP contribution is 2.12. The standard InChI is InChI=1S/C10H13N3O5/c1-10(2,9(11)17)4-12-7(14)5-3-6(8(15)16)18-13-5/h3H,4H2,1-2H3,(H2,11,17)(H,12,14)(H,15,16). The van der Waals surface area contributed by atoms with E-state index in [0.29, 0.717) is 0 Å². The van der Waals surface area contributed by atoms with Crippen molar-refractivity contribution < 1.29 is 24.0 Å². The lowest BCUT2D eigenvalue weighted by molar-refractivity contribution is -0.125. The van der Waals surface area contributed by atoms with Crippen LogP contribution in [0.5, 0.6) is 0 Å². The Kier molecular flexibility index (Phi) is 3.70. The molecule has 0 aliphatic rings. The maximum atomic E-state index is 11.6. The fourth-order valence-electron chi connectivity index (χ4n) is 0.962. The van der Waals surface area contributed by atoms with Gasteiger partial charge in [-0.1, -0.05) is 5.16 Å². The molecule has 0 saturated carbocycles. The van der Waals surface area contributed by atoms with Crippen LogP contribution in [0.15, 0.2) is 10.6 Å². The van der Waals surface area contributed by atoms with E-state index in [0.717, 1.165) is 6.07 Å². The van der Waals surface area contributed by atoms with Crippen molar-refractivity contribution in [3.63, 3.8) is 0 Å². The van der Waals surface area contributed by atoms with Gasteiger partial charge < -0.3 is 20.7 Å². The number of hydrogen-bond acceptors (Lipinski definition) is 5. The zero-order valence-electron chi connectivity index (χ0n) is 9.89. The first-order valence-electron chi connectivity index (χ1n) is 5.02. The van der Waals surface area contributed by atoms with E-state index >= 15 is 0 Å². The largest absolute Gasteiger partial charge is 0.475 e. The van der Waals surface area contributed by atoms with Gasteiger partial charge in [0.05, 0.1) is 5.41 Å². The van der Waals surface area contributed by atoms with E-state index in [9.17, 15) is 14.4 Å². The number of carbonyl (C=O) groups excluding carboxylic acids is 2. The molecule has 1 aromatic rings. The van der Waals surface area contributed by atoms with Crippen molar-refractivity contribution in [2.75, 3.05) is 6.54 Å². The molecule has 98 valence electrons. The first-order valence-corrected chi connectivity index (χ1v) is 5.02. The van der Waals surface area contributed by atoms with Crippen LogP contribution in [0.2, 0.25) is 0 Å². The molecule has 0 aliphatic carbocycles. The van der Waals surface area contributed by atoms with Crippen molar-refractivity contribution in [2.24, 2.45) is 11.1 Å². The molecule has 8 heteroatoms. The Morgan fingerprint density at radius 3 is 2.56 bits per heavy atom. The summed E-state index contributed by atoms with van der Waals surface area (Å²) in [6.45, 7) is 3.15. The van der Waals surface area contributed by atoms with Gasteiger partial charge in [-0.05, 0) is 13.8 Å². The lowest BCUT2D eigenvalue weighted by atomic mass is 9.93. The summed E-state index contributed by atoms with van der Waals surface area (Å²) < 4.78 is 4.42. The summed E-state index contributed by atoms with van der Waals surface area (Å²) in [6, 6.07) is 0.995. The first-order chi connectivity index (χ1) is 8.24. The second-order valence-electron chi connectivity index (χ2n) is 4.31. The fraction of sp³-hybridized carbons (Fsp3) is 0.400. The molecule has 0 aromatic carbocycles. The van der Waals surface area contributed by atoms with E-state index in [4.69, 9.17) is 10.8 Å². The topological polar surface area (TPSA) is 136 Å². The van der Waals surface area contributed by atoms with Gasteiger partial charge in [0.15, 0.2) is 5.69 Å². The normalized spacial score (nSPS) is 11.0. The third kappa shape index (κ3) is 3.06. The minimum Gasteiger partial charge on any atom is -0.475 e. The van der Waals surface area contributed by atoms with Crippen LogP contribution in [-0.2, 0) is 4.79 Å².